The fourth-order valence-electron chi connectivity index (χ4n) is 1.28. The summed E-state index contributed by atoms with van der Waals surface area (Å²) in [7, 11) is 0. The molecule has 0 saturated heterocycles. The lowest BCUT2D eigenvalue weighted by Crippen LogP contribution is -1.95. The molecule has 3 heteroatoms. The Balaban J connectivity index is 3.21. The van der Waals surface area contributed by atoms with Crippen molar-refractivity contribution in [2.24, 2.45) is 0 Å². The molecule has 1 aromatic rings. The van der Waals surface area contributed by atoms with Crippen LogP contribution >= 0.6 is 11.6 Å². The SMILES string of the molecule is CC(C)c1cc(CC#N)c(F)cc1Cl. The first-order valence-electron chi connectivity index (χ1n) is 4.41. The van der Waals surface area contributed by atoms with Crippen LogP contribution in [0, 0.1) is 17.1 Å². The van der Waals surface area contributed by atoms with Crippen LogP contribution in [0.4, 0.5) is 4.39 Å². The molecule has 14 heavy (non-hydrogen) atoms. The molecule has 0 fully saturated rings. The van der Waals surface area contributed by atoms with Gasteiger partial charge in [-0.3, -0.25) is 0 Å². The molecule has 1 rings (SSSR count). The second kappa shape index (κ2) is 4.43. The summed E-state index contributed by atoms with van der Waals surface area (Å²) in [5, 5.41) is 8.92. The Morgan fingerprint density at radius 1 is 1.50 bits per heavy atom. The van der Waals surface area contributed by atoms with Crippen LogP contribution in [0.3, 0.4) is 0 Å². The Morgan fingerprint density at radius 2 is 2.14 bits per heavy atom. The van der Waals surface area contributed by atoms with Crippen molar-refractivity contribution in [2.45, 2.75) is 26.2 Å². The maximum Gasteiger partial charge on any atom is 0.128 e. The standard InChI is InChI=1S/C11H11ClFN/c1-7(2)9-5-8(3-4-14)11(13)6-10(9)12/h5-7H,3H2,1-2H3. The van der Waals surface area contributed by atoms with Gasteiger partial charge < -0.3 is 0 Å². The molecule has 0 unspecified atom stereocenters. The van der Waals surface area contributed by atoms with Crippen molar-refractivity contribution < 1.29 is 4.39 Å². The molecule has 0 aromatic heterocycles. The summed E-state index contributed by atoms with van der Waals surface area (Å²) in [5.74, 6) is -0.165. The monoisotopic (exact) mass is 211 g/mol. The van der Waals surface area contributed by atoms with Crippen LogP contribution in [-0.4, -0.2) is 0 Å². The van der Waals surface area contributed by atoms with Crippen molar-refractivity contribution >= 4 is 11.6 Å². The van der Waals surface area contributed by atoms with Gasteiger partial charge in [0.1, 0.15) is 5.82 Å². The average molecular weight is 212 g/mol. The van der Waals surface area contributed by atoms with E-state index in [2.05, 4.69) is 0 Å². The van der Waals surface area contributed by atoms with Gasteiger partial charge >= 0.3 is 0 Å². The molecule has 0 heterocycles. The number of hydrogen-bond acceptors (Lipinski definition) is 1. The van der Waals surface area contributed by atoms with Gasteiger partial charge in [-0.2, -0.15) is 5.26 Å². The lowest BCUT2D eigenvalue weighted by Gasteiger charge is -2.10. The third-order valence-corrected chi connectivity index (χ3v) is 2.38. The van der Waals surface area contributed by atoms with Crippen molar-refractivity contribution in [3.63, 3.8) is 0 Å². The molecule has 0 atom stereocenters. The van der Waals surface area contributed by atoms with Crippen LogP contribution in [-0.2, 0) is 6.42 Å². The molecule has 0 amide bonds. The van der Waals surface area contributed by atoms with Gasteiger partial charge in [0.2, 0.25) is 0 Å². The zero-order chi connectivity index (χ0) is 10.7. The highest BCUT2D eigenvalue weighted by Gasteiger charge is 2.10. The second-order valence-corrected chi connectivity index (χ2v) is 3.86. The summed E-state index contributed by atoms with van der Waals surface area (Å²) in [5.41, 5.74) is 1.30. The largest absolute Gasteiger partial charge is 0.207 e. The maximum atomic E-state index is 13.2. The molecule has 0 N–H and O–H groups in total. The molecule has 0 radical (unpaired) electrons. The molecule has 0 aliphatic rings. The molecule has 0 aliphatic carbocycles. The van der Waals surface area contributed by atoms with E-state index in [1.165, 1.54) is 6.07 Å². The summed E-state index contributed by atoms with van der Waals surface area (Å²) in [4.78, 5) is 0. The molecule has 0 aliphatic heterocycles. The van der Waals surface area contributed by atoms with E-state index in [1.54, 1.807) is 6.07 Å². The summed E-state index contributed by atoms with van der Waals surface area (Å²) < 4.78 is 13.2. The minimum atomic E-state index is -0.402. The summed E-state index contributed by atoms with van der Waals surface area (Å²) in [6.45, 7) is 3.96. The van der Waals surface area contributed by atoms with Gasteiger partial charge in [-0.25, -0.2) is 4.39 Å². The van der Waals surface area contributed by atoms with Crippen LogP contribution in [0.2, 0.25) is 5.02 Å². The average Bonchev–Trinajstić information content (AvgIpc) is 2.09. The molecular weight excluding hydrogens is 201 g/mol. The minimum Gasteiger partial charge on any atom is -0.207 e. The zero-order valence-electron chi connectivity index (χ0n) is 8.14. The van der Waals surface area contributed by atoms with E-state index in [0.29, 0.717) is 10.6 Å². The number of halogens is 2. The molecular formula is C11H11ClFN. The molecule has 0 saturated carbocycles. The van der Waals surface area contributed by atoms with Crippen molar-refractivity contribution in [3.8, 4) is 6.07 Å². The highest BCUT2D eigenvalue weighted by atomic mass is 35.5. The van der Waals surface area contributed by atoms with Crippen LogP contribution in [0.15, 0.2) is 12.1 Å². The number of rotatable bonds is 2. The second-order valence-electron chi connectivity index (χ2n) is 3.45. The third kappa shape index (κ3) is 2.24. The first-order valence-corrected chi connectivity index (χ1v) is 4.78. The smallest absolute Gasteiger partial charge is 0.128 e. The van der Waals surface area contributed by atoms with Crippen molar-refractivity contribution in [1.82, 2.24) is 0 Å². The Labute approximate surface area is 88.1 Å². The van der Waals surface area contributed by atoms with E-state index in [1.807, 2.05) is 19.9 Å². The Hall–Kier alpha value is -1.07. The Kier molecular flexibility index (Phi) is 3.49. The fraction of sp³-hybridized carbons (Fsp3) is 0.364. The topological polar surface area (TPSA) is 23.8 Å². The Bertz CT molecular complexity index is 380. The first kappa shape index (κ1) is 11.0. The zero-order valence-corrected chi connectivity index (χ0v) is 8.90. The summed E-state index contributed by atoms with van der Waals surface area (Å²) in [6.07, 6.45) is 0.0860. The molecule has 1 nitrogen and oxygen atoms in total. The van der Waals surface area contributed by atoms with E-state index < -0.39 is 5.82 Å². The van der Waals surface area contributed by atoms with Crippen molar-refractivity contribution in [2.75, 3.05) is 0 Å². The van der Waals surface area contributed by atoms with Crippen LogP contribution < -0.4 is 0 Å². The predicted octanol–water partition coefficient (Wildman–Crippen LogP) is 3.67. The van der Waals surface area contributed by atoms with Crippen LogP contribution in [0.5, 0.6) is 0 Å². The third-order valence-electron chi connectivity index (χ3n) is 2.06. The number of nitrogens with zero attached hydrogens (tertiary/aromatic N) is 1. The molecule has 0 spiro atoms. The predicted molar refractivity (Wildman–Crippen MR) is 54.8 cm³/mol. The van der Waals surface area contributed by atoms with Gasteiger partial charge in [0.25, 0.3) is 0 Å². The van der Waals surface area contributed by atoms with Gasteiger partial charge in [0.15, 0.2) is 0 Å². The van der Waals surface area contributed by atoms with Crippen LogP contribution in [0.25, 0.3) is 0 Å². The van der Waals surface area contributed by atoms with E-state index in [4.69, 9.17) is 16.9 Å². The van der Waals surface area contributed by atoms with Crippen molar-refractivity contribution in [1.29, 1.82) is 5.26 Å². The van der Waals surface area contributed by atoms with E-state index >= 15 is 0 Å². The summed E-state index contributed by atoms with van der Waals surface area (Å²) in [6, 6.07) is 4.88. The van der Waals surface area contributed by atoms with E-state index in [0.717, 1.165) is 5.56 Å². The van der Waals surface area contributed by atoms with Gasteiger partial charge in [-0.05, 0) is 17.5 Å². The number of nitriles is 1. The number of benzene rings is 1. The maximum absolute atomic E-state index is 13.2. The van der Waals surface area contributed by atoms with Gasteiger partial charge in [0.05, 0.1) is 12.5 Å². The highest BCUT2D eigenvalue weighted by molar-refractivity contribution is 6.31. The lowest BCUT2D eigenvalue weighted by atomic mass is 9.99. The quantitative estimate of drug-likeness (QED) is 0.732. The van der Waals surface area contributed by atoms with Gasteiger partial charge in [0, 0.05) is 10.6 Å². The van der Waals surface area contributed by atoms with E-state index in [9.17, 15) is 4.39 Å². The Morgan fingerprint density at radius 3 is 2.64 bits per heavy atom. The lowest BCUT2D eigenvalue weighted by molar-refractivity contribution is 0.613. The minimum absolute atomic E-state index is 0.0860. The number of hydrogen-bond donors (Lipinski definition) is 0. The fourth-order valence-corrected chi connectivity index (χ4v) is 1.64. The van der Waals surface area contributed by atoms with Gasteiger partial charge in [-0.15, -0.1) is 0 Å². The normalized spacial score (nSPS) is 10.3. The highest BCUT2D eigenvalue weighted by Crippen LogP contribution is 2.27. The van der Waals surface area contributed by atoms with Crippen LogP contribution in [0.1, 0.15) is 30.9 Å². The van der Waals surface area contributed by atoms with E-state index in [-0.39, 0.29) is 12.3 Å². The molecule has 0 bridgehead atoms. The first-order chi connectivity index (χ1) is 6.56. The summed E-state index contributed by atoms with van der Waals surface area (Å²) >= 11 is 5.87. The van der Waals surface area contributed by atoms with Crippen molar-refractivity contribution in [3.05, 3.63) is 34.1 Å². The van der Waals surface area contributed by atoms with Gasteiger partial charge in [-0.1, -0.05) is 31.5 Å². The molecule has 1 aromatic carbocycles. The molecule has 74 valence electrons.